The van der Waals surface area contributed by atoms with Gasteiger partial charge in [-0.2, -0.15) is 0 Å². The topological polar surface area (TPSA) is 70.2 Å². The number of rotatable bonds is 1. The zero-order valence-electron chi connectivity index (χ0n) is 9.30. The van der Waals surface area contributed by atoms with E-state index in [0.29, 0.717) is 10.9 Å². The highest BCUT2D eigenvalue weighted by Crippen LogP contribution is 2.29. The second kappa shape index (κ2) is 4.00. The van der Waals surface area contributed by atoms with E-state index in [1.807, 2.05) is 19.9 Å². The minimum absolute atomic E-state index is 0.0330. The molecule has 0 amide bonds. The number of aromatic amines is 1. The SMILES string of the molecule is Cc1cc(Br)c(C)c2c(C(=O)O)cc(=O)[nH]c12. The lowest BCUT2D eigenvalue weighted by atomic mass is 10.0. The lowest BCUT2D eigenvalue weighted by Crippen LogP contribution is -2.11. The zero-order valence-corrected chi connectivity index (χ0v) is 10.9. The van der Waals surface area contributed by atoms with Crippen LogP contribution in [0.3, 0.4) is 0 Å². The first-order valence-electron chi connectivity index (χ1n) is 4.98. The first-order valence-corrected chi connectivity index (χ1v) is 5.77. The molecule has 2 rings (SSSR count). The highest BCUT2D eigenvalue weighted by Gasteiger charge is 2.15. The summed E-state index contributed by atoms with van der Waals surface area (Å²) < 4.78 is 0.831. The molecular formula is C12H10BrNO3. The van der Waals surface area contributed by atoms with Gasteiger partial charge in [-0.05, 0) is 31.0 Å². The molecule has 1 heterocycles. The van der Waals surface area contributed by atoms with Gasteiger partial charge in [-0.15, -0.1) is 0 Å². The van der Waals surface area contributed by atoms with E-state index in [1.54, 1.807) is 0 Å². The van der Waals surface area contributed by atoms with E-state index in [0.717, 1.165) is 21.7 Å². The number of benzene rings is 1. The molecule has 0 radical (unpaired) electrons. The van der Waals surface area contributed by atoms with Crippen LogP contribution in [0.1, 0.15) is 21.5 Å². The third-order valence-electron chi connectivity index (χ3n) is 2.74. The quantitative estimate of drug-likeness (QED) is 0.849. The molecule has 2 aromatic rings. The molecule has 0 unspecified atom stereocenters. The van der Waals surface area contributed by atoms with Crippen LogP contribution in [0.25, 0.3) is 10.9 Å². The van der Waals surface area contributed by atoms with Gasteiger partial charge in [-0.1, -0.05) is 15.9 Å². The largest absolute Gasteiger partial charge is 0.478 e. The van der Waals surface area contributed by atoms with Crippen molar-refractivity contribution in [2.24, 2.45) is 0 Å². The van der Waals surface area contributed by atoms with Gasteiger partial charge in [0.2, 0.25) is 5.56 Å². The molecule has 88 valence electrons. The summed E-state index contributed by atoms with van der Waals surface area (Å²) in [6.07, 6.45) is 0. The van der Waals surface area contributed by atoms with Gasteiger partial charge in [0, 0.05) is 15.9 Å². The normalized spacial score (nSPS) is 10.8. The molecule has 0 aliphatic heterocycles. The number of aromatic carboxylic acids is 1. The van der Waals surface area contributed by atoms with E-state index in [9.17, 15) is 9.59 Å². The number of carboxylic acid groups (broad SMARTS) is 1. The van der Waals surface area contributed by atoms with Crippen LogP contribution in [0.2, 0.25) is 0 Å². The standard InChI is InChI=1S/C12H10BrNO3/c1-5-3-8(13)6(2)10-7(12(16)17)4-9(15)14-11(5)10/h3-4H,1-2H3,(H,14,15)(H,16,17). The molecule has 0 spiro atoms. The number of aryl methyl sites for hydroxylation is 2. The Morgan fingerprint density at radius 1 is 1.35 bits per heavy atom. The van der Waals surface area contributed by atoms with E-state index in [-0.39, 0.29) is 5.56 Å². The number of aromatic nitrogens is 1. The van der Waals surface area contributed by atoms with Crippen molar-refractivity contribution in [1.82, 2.24) is 4.98 Å². The number of carbonyl (C=O) groups is 1. The average molecular weight is 296 g/mol. The molecule has 0 aliphatic carbocycles. The number of hydrogen-bond acceptors (Lipinski definition) is 2. The molecule has 0 bridgehead atoms. The van der Waals surface area contributed by atoms with Crippen LogP contribution in [-0.4, -0.2) is 16.1 Å². The molecule has 0 atom stereocenters. The van der Waals surface area contributed by atoms with Crippen LogP contribution in [0.5, 0.6) is 0 Å². The molecule has 0 aliphatic rings. The van der Waals surface area contributed by atoms with Crippen molar-refractivity contribution < 1.29 is 9.90 Å². The Morgan fingerprint density at radius 2 is 2.00 bits per heavy atom. The minimum Gasteiger partial charge on any atom is -0.478 e. The van der Waals surface area contributed by atoms with Crippen molar-refractivity contribution in [2.45, 2.75) is 13.8 Å². The van der Waals surface area contributed by atoms with E-state index >= 15 is 0 Å². The Bertz CT molecular complexity index is 688. The first kappa shape index (κ1) is 11.9. The average Bonchev–Trinajstić information content (AvgIpc) is 2.25. The van der Waals surface area contributed by atoms with Crippen LogP contribution in [0.15, 0.2) is 21.4 Å². The third-order valence-corrected chi connectivity index (χ3v) is 3.57. The summed E-state index contributed by atoms with van der Waals surface area (Å²) in [6, 6.07) is 2.97. The molecule has 5 heteroatoms. The number of halogens is 1. The highest BCUT2D eigenvalue weighted by molar-refractivity contribution is 9.10. The van der Waals surface area contributed by atoms with Crippen LogP contribution in [0, 0.1) is 13.8 Å². The molecule has 0 saturated heterocycles. The van der Waals surface area contributed by atoms with Gasteiger partial charge in [0.1, 0.15) is 0 Å². The summed E-state index contributed by atoms with van der Waals surface area (Å²) in [6.45, 7) is 3.64. The number of nitrogens with one attached hydrogen (secondary N) is 1. The van der Waals surface area contributed by atoms with E-state index in [2.05, 4.69) is 20.9 Å². The number of carboxylic acids is 1. The Kier molecular flexibility index (Phi) is 2.79. The summed E-state index contributed by atoms with van der Waals surface area (Å²) >= 11 is 3.38. The highest BCUT2D eigenvalue weighted by atomic mass is 79.9. The minimum atomic E-state index is -1.10. The molecule has 17 heavy (non-hydrogen) atoms. The zero-order chi connectivity index (χ0) is 12.7. The van der Waals surface area contributed by atoms with Gasteiger partial charge in [0.25, 0.3) is 0 Å². The Hall–Kier alpha value is -1.62. The monoisotopic (exact) mass is 295 g/mol. The van der Waals surface area contributed by atoms with E-state index in [4.69, 9.17) is 5.11 Å². The maximum absolute atomic E-state index is 11.4. The lowest BCUT2D eigenvalue weighted by Gasteiger charge is -2.10. The Balaban J connectivity index is 3.10. The van der Waals surface area contributed by atoms with Crippen molar-refractivity contribution in [1.29, 1.82) is 0 Å². The van der Waals surface area contributed by atoms with Gasteiger partial charge < -0.3 is 10.1 Å². The fourth-order valence-electron chi connectivity index (χ4n) is 1.90. The van der Waals surface area contributed by atoms with Crippen molar-refractivity contribution in [3.05, 3.63) is 43.6 Å². The number of hydrogen-bond donors (Lipinski definition) is 2. The fraction of sp³-hybridized carbons (Fsp3) is 0.167. The van der Waals surface area contributed by atoms with Crippen LogP contribution < -0.4 is 5.56 Å². The van der Waals surface area contributed by atoms with Crippen LogP contribution >= 0.6 is 15.9 Å². The maximum Gasteiger partial charge on any atom is 0.336 e. The van der Waals surface area contributed by atoms with Crippen molar-refractivity contribution in [3.8, 4) is 0 Å². The van der Waals surface area contributed by atoms with Crippen molar-refractivity contribution in [3.63, 3.8) is 0 Å². The maximum atomic E-state index is 11.4. The van der Waals surface area contributed by atoms with Gasteiger partial charge in [0.15, 0.2) is 0 Å². The molecule has 0 fully saturated rings. The number of H-pyrrole nitrogens is 1. The summed E-state index contributed by atoms with van der Waals surface area (Å²) in [5.74, 6) is -1.10. The van der Waals surface area contributed by atoms with Gasteiger partial charge in [-0.3, -0.25) is 4.79 Å². The van der Waals surface area contributed by atoms with Crippen molar-refractivity contribution in [2.75, 3.05) is 0 Å². The van der Waals surface area contributed by atoms with Crippen LogP contribution in [0.4, 0.5) is 0 Å². The number of pyridine rings is 1. The molecule has 0 saturated carbocycles. The van der Waals surface area contributed by atoms with Crippen molar-refractivity contribution >= 4 is 32.8 Å². The summed E-state index contributed by atoms with van der Waals surface area (Å²) in [7, 11) is 0. The Labute approximate surface area is 105 Å². The predicted molar refractivity (Wildman–Crippen MR) is 68.7 cm³/mol. The summed E-state index contributed by atoms with van der Waals surface area (Å²) in [5.41, 5.74) is 1.85. The molecule has 2 N–H and O–H groups in total. The fourth-order valence-corrected chi connectivity index (χ4v) is 2.45. The molecule has 4 nitrogen and oxygen atoms in total. The van der Waals surface area contributed by atoms with Crippen LogP contribution in [-0.2, 0) is 0 Å². The first-order chi connectivity index (χ1) is 7.91. The smallest absolute Gasteiger partial charge is 0.336 e. The van der Waals surface area contributed by atoms with E-state index < -0.39 is 11.5 Å². The van der Waals surface area contributed by atoms with Gasteiger partial charge >= 0.3 is 5.97 Å². The second-order valence-corrected chi connectivity index (χ2v) is 4.76. The van der Waals surface area contributed by atoms with Gasteiger partial charge in [-0.25, -0.2) is 4.79 Å². The summed E-state index contributed by atoms with van der Waals surface area (Å²) in [4.78, 5) is 25.3. The molecule has 1 aromatic heterocycles. The lowest BCUT2D eigenvalue weighted by molar-refractivity contribution is 0.0699. The van der Waals surface area contributed by atoms with Gasteiger partial charge in [0.05, 0.1) is 11.1 Å². The summed E-state index contributed by atoms with van der Waals surface area (Å²) in [5, 5.41) is 9.72. The number of fused-ring (bicyclic) bond motifs is 1. The predicted octanol–water partition coefficient (Wildman–Crippen LogP) is 2.61. The Morgan fingerprint density at radius 3 is 2.59 bits per heavy atom. The van der Waals surface area contributed by atoms with E-state index in [1.165, 1.54) is 0 Å². The second-order valence-electron chi connectivity index (χ2n) is 3.90. The molecule has 1 aromatic carbocycles. The third kappa shape index (κ3) is 1.86. The molecular weight excluding hydrogens is 286 g/mol.